The molecule has 0 N–H and O–H groups in total. The fourth-order valence-corrected chi connectivity index (χ4v) is 9.49. The van der Waals surface area contributed by atoms with Crippen molar-refractivity contribution < 1.29 is 0 Å². The smallest absolute Gasteiger partial charge is 0.0357 e. The van der Waals surface area contributed by atoms with Crippen LogP contribution in [0.15, 0.2) is 0 Å². The minimum absolute atomic E-state index is 1.02. The Morgan fingerprint density at radius 2 is 0.690 bits per heavy atom. The molecule has 0 aromatic carbocycles. The highest BCUT2D eigenvalue weighted by molar-refractivity contribution is 4.96. The Kier molecular flexibility index (Phi) is 6.51. The summed E-state index contributed by atoms with van der Waals surface area (Å²) in [6.45, 7) is 19.5. The van der Waals surface area contributed by atoms with E-state index < -0.39 is 0 Å². The van der Waals surface area contributed by atoms with E-state index in [2.05, 4.69) is 55.4 Å². The normalized spacial score (nSPS) is 58.8. The molecule has 0 aromatic rings. The standard InChI is InChI=1S/2C10H18.C9H16/c2*1-6-4-9-5-10(6)8(3)7(9)2;1-6-7(2)9-4-3-8(6)5-9/h2*6-10H,4-5H2,1-3H3;6-9H,3-5H2,1-2H3. The van der Waals surface area contributed by atoms with Gasteiger partial charge in [-0.3, -0.25) is 0 Å². The molecule has 6 fully saturated rings. The van der Waals surface area contributed by atoms with Crippen LogP contribution in [0.1, 0.15) is 100 Å². The molecule has 0 saturated heterocycles. The molecule has 168 valence electrons. The second-order valence-corrected chi connectivity index (χ2v) is 13.2. The van der Waals surface area contributed by atoms with Crippen molar-refractivity contribution in [3.63, 3.8) is 0 Å². The Labute approximate surface area is 183 Å². The van der Waals surface area contributed by atoms with Gasteiger partial charge in [0.2, 0.25) is 0 Å². The lowest BCUT2D eigenvalue weighted by atomic mass is 9.77. The Balaban J connectivity index is 0.000000106. The Bertz CT molecular complexity index is 494. The highest BCUT2D eigenvalue weighted by Crippen LogP contribution is 2.55. The minimum atomic E-state index is 1.02. The van der Waals surface area contributed by atoms with Gasteiger partial charge < -0.3 is 0 Å². The van der Waals surface area contributed by atoms with Crippen molar-refractivity contribution in [2.45, 2.75) is 100 Å². The first kappa shape index (κ1) is 22.2. The molecule has 6 rings (SSSR count). The van der Waals surface area contributed by atoms with E-state index in [0.717, 1.165) is 82.9 Å². The molecule has 14 unspecified atom stereocenters. The summed E-state index contributed by atoms with van der Waals surface area (Å²) in [6, 6.07) is 0. The van der Waals surface area contributed by atoms with E-state index in [4.69, 9.17) is 0 Å². The summed E-state index contributed by atoms with van der Waals surface area (Å²) in [5, 5.41) is 0. The third-order valence-corrected chi connectivity index (χ3v) is 12.3. The van der Waals surface area contributed by atoms with Gasteiger partial charge in [0.15, 0.2) is 0 Å². The van der Waals surface area contributed by atoms with Gasteiger partial charge in [0.25, 0.3) is 0 Å². The predicted molar refractivity (Wildman–Crippen MR) is 127 cm³/mol. The second-order valence-electron chi connectivity index (χ2n) is 13.2. The molecule has 0 heterocycles. The molecule has 0 heteroatoms. The molecular weight excluding hydrogens is 348 g/mol. The van der Waals surface area contributed by atoms with E-state index in [1.807, 2.05) is 0 Å². The van der Waals surface area contributed by atoms with Crippen LogP contribution in [0.5, 0.6) is 0 Å². The van der Waals surface area contributed by atoms with Gasteiger partial charge in [0, 0.05) is 0 Å². The molecule has 0 nitrogen and oxygen atoms in total. The molecule has 0 radical (unpaired) electrons. The van der Waals surface area contributed by atoms with Gasteiger partial charge in [0.1, 0.15) is 0 Å². The fraction of sp³-hybridized carbons (Fsp3) is 1.00. The van der Waals surface area contributed by atoms with Crippen LogP contribution >= 0.6 is 0 Å². The van der Waals surface area contributed by atoms with E-state index >= 15 is 0 Å². The number of hydrogen-bond acceptors (Lipinski definition) is 0. The maximum Gasteiger partial charge on any atom is -0.0357 e. The summed E-state index contributed by atoms with van der Waals surface area (Å²) in [6.07, 6.45) is 10.8. The van der Waals surface area contributed by atoms with E-state index in [1.165, 1.54) is 25.7 Å². The number of rotatable bonds is 0. The monoisotopic (exact) mass is 400 g/mol. The minimum Gasteiger partial charge on any atom is -0.0622 e. The van der Waals surface area contributed by atoms with Crippen LogP contribution in [-0.2, 0) is 0 Å². The molecule has 6 bridgehead atoms. The molecule has 6 aliphatic carbocycles. The lowest BCUT2D eigenvalue weighted by Gasteiger charge is -2.29. The van der Waals surface area contributed by atoms with E-state index in [1.54, 1.807) is 19.3 Å². The zero-order valence-corrected chi connectivity index (χ0v) is 21.0. The molecule has 0 amide bonds. The molecule has 0 aromatic heterocycles. The van der Waals surface area contributed by atoms with Crippen LogP contribution in [0.4, 0.5) is 0 Å². The van der Waals surface area contributed by atoms with E-state index in [9.17, 15) is 0 Å². The molecule has 14 atom stereocenters. The van der Waals surface area contributed by atoms with Crippen LogP contribution in [0.3, 0.4) is 0 Å². The van der Waals surface area contributed by atoms with Crippen LogP contribution in [0.25, 0.3) is 0 Å². The van der Waals surface area contributed by atoms with Crippen molar-refractivity contribution in [2.75, 3.05) is 0 Å². The number of fused-ring (bicyclic) bond motifs is 6. The summed E-state index contributed by atoms with van der Waals surface area (Å²) < 4.78 is 0. The van der Waals surface area contributed by atoms with Crippen LogP contribution in [0.2, 0.25) is 0 Å². The molecule has 6 saturated carbocycles. The van der Waals surface area contributed by atoms with Crippen molar-refractivity contribution in [1.29, 1.82) is 0 Å². The van der Waals surface area contributed by atoms with Gasteiger partial charge in [-0.1, -0.05) is 55.4 Å². The third-order valence-electron chi connectivity index (χ3n) is 12.3. The van der Waals surface area contributed by atoms with E-state index in [0.29, 0.717) is 0 Å². The SMILES string of the molecule is CC1C2CCC(C2)C1C.CC1CC2CC1C(C)C2C.CC1CC2CC1C(C)C2C. The maximum absolute atomic E-state index is 2.45. The zero-order chi connectivity index (χ0) is 21.0. The average molecular weight is 401 g/mol. The first-order chi connectivity index (χ1) is 13.7. The third kappa shape index (κ3) is 3.98. The quantitative estimate of drug-likeness (QED) is 0.382. The Morgan fingerprint density at radius 3 is 0.897 bits per heavy atom. The van der Waals surface area contributed by atoms with Gasteiger partial charge in [-0.05, 0) is 128 Å². The van der Waals surface area contributed by atoms with Gasteiger partial charge >= 0.3 is 0 Å². The van der Waals surface area contributed by atoms with E-state index in [-0.39, 0.29) is 0 Å². The first-order valence-electron chi connectivity index (χ1n) is 13.7. The van der Waals surface area contributed by atoms with Crippen molar-refractivity contribution in [2.24, 2.45) is 82.9 Å². The van der Waals surface area contributed by atoms with Crippen LogP contribution < -0.4 is 0 Å². The van der Waals surface area contributed by atoms with Crippen molar-refractivity contribution >= 4 is 0 Å². The fourth-order valence-electron chi connectivity index (χ4n) is 9.49. The Morgan fingerprint density at radius 1 is 0.345 bits per heavy atom. The largest absolute Gasteiger partial charge is 0.0622 e. The topological polar surface area (TPSA) is 0 Å². The van der Waals surface area contributed by atoms with Crippen LogP contribution in [-0.4, -0.2) is 0 Å². The van der Waals surface area contributed by atoms with Gasteiger partial charge in [-0.25, -0.2) is 0 Å². The van der Waals surface area contributed by atoms with Crippen molar-refractivity contribution in [3.8, 4) is 0 Å². The summed E-state index contributed by atoms with van der Waals surface area (Å²) in [7, 11) is 0. The summed E-state index contributed by atoms with van der Waals surface area (Å²) >= 11 is 0. The van der Waals surface area contributed by atoms with Gasteiger partial charge in [-0.15, -0.1) is 0 Å². The second kappa shape index (κ2) is 8.50. The first-order valence-corrected chi connectivity index (χ1v) is 13.7. The zero-order valence-electron chi connectivity index (χ0n) is 21.0. The molecule has 0 aliphatic heterocycles. The lowest BCUT2D eigenvalue weighted by molar-refractivity contribution is 0.201. The highest BCUT2D eigenvalue weighted by Gasteiger charge is 2.47. The summed E-state index contributed by atoms with van der Waals surface area (Å²) in [4.78, 5) is 0. The van der Waals surface area contributed by atoms with Crippen molar-refractivity contribution in [3.05, 3.63) is 0 Å². The van der Waals surface area contributed by atoms with Crippen molar-refractivity contribution in [1.82, 2.24) is 0 Å². The molecule has 29 heavy (non-hydrogen) atoms. The predicted octanol–water partition coefficient (Wildman–Crippen LogP) is 8.56. The van der Waals surface area contributed by atoms with Crippen LogP contribution in [0, 0.1) is 82.9 Å². The summed E-state index contributed by atoms with van der Waals surface area (Å²) in [5.74, 6) is 14.9. The lowest BCUT2D eigenvalue weighted by Crippen LogP contribution is -2.22. The highest BCUT2D eigenvalue weighted by atomic mass is 14.5. The molecule has 0 spiro atoms. The maximum atomic E-state index is 2.45. The number of hydrogen-bond donors (Lipinski definition) is 0. The average Bonchev–Trinajstić information content (AvgIpc) is 3.50. The summed E-state index contributed by atoms with van der Waals surface area (Å²) in [5.41, 5.74) is 0. The molecule has 6 aliphatic rings. The van der Waals surface area contributed by atoms with Gasteiger partial charge in [-0.2, -0.15) is 0 Å². The van der Waals surface area contributed by atoms with Gasteiger partial charge in [0.05, 0.1) is 0 Å². The molecular formula is C29H52. The Hall–Kier alpha value is 0.